The van der Waals surface area contributed by atoms with Crippen molar-refractivity contribution in [3.63, 3.8) is 0 Å². The lowest BCUT2D eigenvalue weighted by molar-refractivity contribution is -0.138. The zero-order valence-corrected chi connectivity index (χ0v) is 17.7. The van der Waals surface area contributed by atoms with Crippen molar-refractivity contribution < 1.29 is 18.4 Å². The van der Waals surface area contributed by atoms with E-state index in [0.29, 0.717) is 25.9 Å². The van der Waals surface area contributed by atoms with E-state index in [1.807, 2.05) is 13.8 Å². The average Bonchev–Trinajstić information content (AvgIpc) is 2.77. The normalized spacial score (nSPS) is 13.5. The van der Waals surface area contributed by atoms with Crippen molar-refractivity contribution in [1.29, 1.82) is 0 Å². The molecular formula is C24H30F2N2O2. The molecule has 3 rings (SSSR count). The van der Waals surface area contributed by atoms with Crippen LogP contribution in [0.5, 0.6) is 0 Å². The fourth-order valence-electron chi connectivity index (χ4n) is 3.55. The number of rotatable bonds is 7. The number of nitrogens with one attached hydrogen (secondary N) is 1. The maximum atomic E-state index is 13.3. The van der Waals surface area contributed by atoms with Crippen LogP contribution in [0.25, 0.3) is 0 Å². The van der Waals surface area contributed by atoms with Crippen molar-refractivity contribution in [1.82, 2.24) is 10.2 Å². The molecule has 4 nitrogen and oxygen atoms in total. The number of carbonyl (C=O) groups excluding carboxylic acids is 2. The number of halogens is 2. The first-order chi connectivity index (χ1) is 14.5. The van der Waals surface area contributed by atoms with E-state index in [0.717, 1.165) is 24.0 Å². The molecule has 1 aliphatic heterocycles. The van der Waals surface area contributed by atoms with Gasteiger partial charge in [-0.25, -0.2) is 8.78 Å². The van der Waals surface area contributed by atoms with E-state index < -0.39 is 0 Å². The van der Waals surface area contributed by atoms with Crippen LogP contribution in [-0.4, -0.2) is 36.3 Å². The summed E-state index contributed by atoms with van der Waals surface area (Å²) in [6.07, 6.45) is 2.67. The van der Waals surface area contributed by atoms with Crippen molar-refractivity contribution >= 4 is 11.8 Å². The van der Waals surface area contributed by atoms with Crippen LogP contribution in [0.3, 0.4) is 0 Å². The third kappa shape index (κ3) is 6.94. The quantitative estimate of drug-likeness (QED) is 0.669. The Hall–Kier alpha value is -2.76. The highest BCUT2D eigenvalue weighted by Gasteiger charge is 2.21. The predicted octanol–water partition coefficient (Wildman–Crippen LogP) is 4.64. The van der Waals surface area contributed by atoms with Crippen LogP contribution in [0.2, 0.25) is 0 Å². The molecule has 0 aliphatic carbocycles. The Morgan fingerprint density at radius 1 is 0.967 bits per heavy atom. The van der Waals surface area contributed by atoms with Gasteiger partial charge in [-0.15, -0.1) is 0 Å². The number of nitrogens with zero attached hydrogens (tertiary/aromatic N) is 1. The van der Waals surface area contributed by atoms with Gasteiger partial charge in [-0.05, 0) is 48.2 Å². The van der Waals surface area contributed by atoms with Gasteiger partial charge in [-0.2, -0.15) is 0 Å². The first-order valence-electron chi connectivity index (χ1n) is 10.6. The van der Waals surface area contributed by atoms with Gasteiger partial charge in [0.15, 0.2) is 0 Å². The summed E-state index contributed by atoms with van der Waals surface area (Å²) in [6.45, 7) is 5.19. The fourth-order valence-corrected chi connectivity index (χ4v) is 3.55. The van der Waals surface area contributed by atoms with Gasteiger partial charge in [0.25, 0.3) is 0 Å². The molecule has 30 heavy (non-hydrogen) atoms. The molecule has 2 aromatic carbocycles. The molecule has 1 heterocycles. The summed E-state index contributed by atoms with van der Waals surface area (Å²) in [7, 11) is 0. The van der Waals surface area contributed by atoms with Crippen LogP contribution in [0.15, 0.2) is 48.5 Å². The van der Waals surface area contributed by atoms with Gasteiger partial charge in [0, 0.05) is 25.4 Å². The van der Waals surface area contributed by atoms with Crippen LogP contribution < -0.4 is 5.32 Å². The van der Waals surface area contributed by atoms with E-state index in [4.69, 9.17) is 0 Å². The second-order valence-corrected chi connectivity index (χ2v) is 7.07. The molecule has 0 atom stereocenters. The Morgan fingerprint density at radius 3 is 2.00 bits per heavy atom. The van der Waals surface area contributed by atoms with Gasteiger partial charge >= 0.3 is 0 Å². The van der Waals surface area contributed by atoms with Gasteiger partial charge in [0.2, 0.25) is 11.8 Å². The van der Waals surface area contributed by atoms with E-state index >= 15 is 0 Å². The molecule has 6 heteroatoms. The summed E-state index contributed by atoms with van der Waals surface area (Å²) in [6, 6.07) is 12.7. The Labute approximate surface area is 177 Å². The lowest BCUT2D eigenvalue weighted by Crippen LogP contribution is -2.49. The largest absolute Gasteiger partial charge is 0.353 e. The Bertz CT molecular complexity index is 761. The summed E-state index contributed by atoms with van der Waals surface area (Å²) in [5, 5.41) is 2.71. The minimum atomic E-state index is -0.294. The highest BCUT2D eigenvalue weighted by molar-refractivity contribution is 5.85. The minimum absolute atomic E-state index is 0.00466. The van der Waals surface area contributed by atoms with Crippen molar-refractivity contribution in [2.24, 2.45) is 0 Å². The lowest BCUT2D eigenvalue weighted by atomic mass is 9.87. The highest BCUT2D eigenvalue weighted by atomic mass is 19.1. The van der Waals surface area contributed by atoms with E-state index in [2.05, 4.69) is 5.32 Å². The molecule has 0 aromatic heterocycles. The highest BCUT2D eigenvalue weighted by Crippen LogP contribution is 2.30. The molecule has 0 saturated carbocycles. The number of amides is 2. The number of carbonyl (C=O) groups is 2. The molecule has 0 unspecified atom stereocenters. The number of piperazine rings is 1. The lowest BCUT2D eigenvalue weighted by Gasteiger charge is -2.26. The molecule has 1 saturated heterocycles. The molecule has 1 aliphatic rings. The molecule has 1 fully saturated rings. The zero-order valence-electron chi connectivity index (χ0n) is 17.7. The third-order valence-electron chi connectivity index (χ3n) is 5.07. The molecule has 0 bridgehead atoms. The van der Waals surface area contributed by atoms with Crippen molar-refractivity contribution in [3.05, 3.63) is 71.3 Å². The zero-order chi connectivity index (χ0) is 21.9. The Balaban J connectivity index is 0.00000155. The predicted molar refractivity (Wildman–Crippen MR) is 114 cm³/mol. The smallest absolute Gasteiger partial charge is 0.239 e. The van der Waals surface area contributed by atoms with Crippen LogP contribution in [0, 0.1) is 11.6 Å². The monoisotopic (exact) mass is 416 g/mol. The van der Waals surface area contributed by atoms with Gasteiger partial charge < -0.3 is 10.2 Å². The topological polar surface area (TPSA) is 49.4 Å². The molecule has 0 radical (unpaired) electrons. The van der Waals surface area contributed by atoms with Crippen LogP contribution >= 0.6 is 0 Å². The maximum Gasteiger partial charge on any atom is 0.239 e. The minimum Gasteiger partial charge on any atom is -0.353 e. The number of hydrogen-bond acceptors (Lipinski definition) is 2. The summed E-state index contributed by atoms with van der Waals surface area (Å²) >= 11 is 0. The van der Waals surface area contributed by atoms with E-state index in [-0.39, 0.29) is 35.9 Å². The van der Waals surface area contributed by atoms with E-state index in [1.165, 1.54) is 24.3 Å². The first kappa shape index (κ1) is 23.5. The SMILES string of the molecule is CC.O=C1CN(C(=O)CCCCC(c2ccc(F)cc2)c2ccc(F)cc2)CCN1. The van der Waals surface area contributed by atoms with E-state index in [9.17, 15) is 18.4 Å². The average molecular weight is 417 g/mol. The summed E-state index contributed by atoms with van der Waals surface area (Å²) in [4.78, 5) is 25.3. The number of hydrogen-bond donors (Lipinski definition) is 1. The molecule has 162 valence electrons. The van der Waals surface area contributed by atoms with Crippen molar-refractivity contribution in [2.75, 3.05) is 19.6 Å². The fraction of sp³-hybridized carbons (Fsp3) is 0.417. The maximum absolute atomic E-state index is 13.3. The van der Waals surface area contributed by atoms with Crippen LogP contribution in [0.1, 0.15) is 56.6 Å². The molecule has 2 aromatic rings. The first-order valence-corrected chi connectivity index (χ1v) is 10.6. The standard InChI is InChI=1S/C22H24F2N2O2.C2H6/c23-18-9-5-16(6-10-18)20(17-7-11-19(24)12-8-17)3-1-2-4-22(28)26-14-13-25-21(27)15-26;1-2/h5-12,20H,1-4,13-15H2,(H,25,27);1-2H3. The summed E-state index contributed by atoms with van der Waals surface area (Å²) in [5.74, 6) is -0.699. The van der Waals surface area contributed by atoms with Crippen LogP contribution in [-0.2, 0) is 9.59 Å². The van der Waals surface area contributed by atoms with Gasteiger partial charge in [0.1, 0.15) is 11.6 Å². The second kappa shape index (κ2) is 12.1. The summed E-state index contributed by atoms with van der Waals surface area (Å²) in [5.41, 5.74) is 1.93. The number of benzene rings is 2. The van der Waals surface area contributed by atoms with Gasteiger partial charge in [-0.3, -0.25) is 9.59 Å². The van der Waals surface area contributed by atoms with Gasteiger partial charge in [0.05, 0.1) is 6.54 Å². The molecule has 0 spiro atoms. The third-order valence-corrected chi connectivity index (χ3v) is 5.07. The van der Waals surface area contributed by atoms with Gasteiger partial charge in [-0.1, -0.05) is 44.5 Å². The van der Waals surface area contributed by atoms with Crippen molar-refractivity contribution in [2.45, 2.75) is 45.4 Å². The van der Waals surface area contributed by atoms with Crippen molar-refractivity contribution in [3.8, 4) is 0 Å². The molecular weight excluding hydrogens is 386 g/mol. The number of unbranched alkanes of at least 4 members (excludes halogenated alkanes) is 1. The molecule has 1 N–H and O–H groups in total. The Kier molecular flexibility index (Phi) is 9.45. The Morgan fingerprint density at radius 2 is 1.50 bits per heavy atom. The van der Waals surface area contributed by atoms with Crippen LogP contribution in [0.4, 0.5) is 8.78 Å². The van der Waals surface area contributed by atoms with E-state index in [1.54, 1.807) is 29.2 Å². The molecule has 2 amide bonds. The summed E-state index contributed by atoms with van der Waals surface area (Å²) < 4.78 is 26.6. The second-order valence-electron chi connectivity index (χ2n) is 7.07.